The second-order valence-corrected chi connectivity index (χ2v) is 5.45. The Balaban J connectivity index is 2.25. The highest BCUT2D eigenvalue weighted by Crippen LogP contribution is 2.18. The predicted octanol–water partition coefficient (Wildman–Crippen LogP) is 2.55. The Labute approximate surface area is 119 Å². The summed E-state index contributed by atoms with van der Waals surface area (Å²) in [6.45, 7) is 0. The molecule has 0 aliphatic heterocycles. The molecular weight excluding hydrogens is 272 g/mol. The Hall–Kier alpha value is -2.45. The van der Waals surface area contributed by atoms with Crippen LogP contribution in [-0.2, 0) is 10.8 Å². The molecule has 2 aromatic rings. The van der Waals surface area contributed by atoms with Crippen LogP contribution < -0.4 is 5.32 Å². The summed E-state index contributed by atoms with van der Waals surface area (Å²) in [5.41, 5.74) is 1.34. The minimum atomic E-state index is -1.23. The third kappa shape index (κ3) is 3.11. The molecule has 0 heterocycles. The standard InChI is InChI=1S/C15H12N2O2S/c1-20(19)14-8-7-13(9-12(14)10-16)17-15(18)11-5-3-2-4-6-11/h2-9H,1H3,(H,17,18)/t20-/m0/s1. The minimum absolute atomic E-state index is 0.250. The van der Waals surface area contributed by atoms with Crippen LogP contribution >= 0.6 is 0 Å². The van der Waals surface area contributed by atoms with E-state index in [1.54, 1.807) is 36.4 Å². The fourth-order valence-electron chi connectivity index (χ4n) is 1.74. The van der Waals surface area contributed by atoms with Gasteiger partial charge >= 0.3 is 0 Å². The van der Waals surface area contributed by atoms with E-state index in [2.05, 4.69) is 5.32 Å². The zero-order chi connectivity index (χ0) is 14.5. The zero-order valence-corrected chi connectivity index (χ0v) is 11.6. The number of hydrogen-bond donors (Lipinski definition) is 1. The molecule has 0 bridgehead atoms. The summed E-state index contributed by atoms with van der Waals surface area (Å²) in [7, 11) is -1.23. The molecule has 1 amide bonds. The van der Waals surface area contributed by atoms with Gasteiger partial charge in [-0.05, 0) is 30.3 Å². The van der Waals surface area contributed by atoms with Crippen LogP contribution in [0.15, 0.2) is 53.4 Å². The Morgan fingerprint density at radius 1 is 1.20 bits per heavy atom. The number of carbonyl (C=O) groups is 1. The summed E-state index contributed by atoms with van der Waals surface area (Å²) in [6.07, 6.45) is 1.51. The van der Waals surface area contributed by atoms with E-state index in [1.165, 1.54) is 12.3 Å². The summed E-state index contributed by atoms with van der Waals surface area (Å²) < 4.78 is 11.5. The monoisotopic (exact) mass is 284 g/mol. The van der Waals surface area contributed by atoms with Gasteiger partial charge in [-0.3, -0.25) is 9.00 Å². The number of nitrogens with one attached hydrogen (secondary N) is 1. The summed E-state index contributed by atoms with van der Waals surface area (Å²) in [6, 6.07) is 15.5. The zero-order valence-electron chi connectivity index (χ0n) is 10.8. The molecule has 5 heteroatoms. The second-order valence-electron chi connectivity index (χ2n) is 4.10. The van der Waals surface area contributed by atoms with E-state index >= 15 is 0 Å². The average molecular weight is 284 g/mol. The Bertz CT molecular complexity index is 706. The van der Waals surface area contributed by atoms with Crippen molar-refractivity contribution in [2.45, 2.75) is 4.90 Å². The van der Waals surface area contributed by atoms with E-state index in [1.807, 2.05) is 12.1 Å². The largest absolute Gasteiger partial charge is 0.322 e. The average Bonchev–Trinajstić information content (AvgIpc) is 2.47. The maximum Gasteiger partial charge on any atom is 0.255 e. The number of carbonyl (C=O) groups excluding carboxylic acids is 1. The number of nitriles is 1. The van der Waals surface area contributed by atoms with Gasteiger partial charge in [0.25, 0.3) is 5.91 Å². The molecule has 1 atom stereocenters. The lowest BCUT2D eigenvalue weighted by Gasteiger charge is -2.07. The Kier molecular flexibility index (Phi) is 4.28. The molecule has 0 unspecified atom stereocenters. The highest BCUT2D eigenvalue weighted by molar-refractivity contribution is 7.84. The first-order valence-electron chi connectivity index (χ1n) is 5.86. The molecule has 4 nitrogen and oxygen atoms in total. The van der Waals surface area contributed by atoms with Gasteiger partial charge in [0.2, 0.25) is 0 Å². The quantitative estimate of drug-likeness (QED) is 0.941. The van der Waals surface area contributed by atoms with E-state index in [0.717, 1.165) is 0 Å². The highest BCUT2D eigenvalue weighted by Gasteiger charge is 2.09. The van der Waals surface area contributed by atoms with Crippen molar-refractivity contribution < 1.29 is 9.00 Å². The van der Waals surface area contributed by atoms with Crippen LogP contribution in [0.5, 0.6) is 0 Å². The van der Waals surface area contributed by atoms with Gasteiger partial charge in [-0.2, -0.15) is 5.26 Å². The number of nitrogens with zero attached hydrogens (tertiary/aromatic N) is 1. The van der Waals surface area contributed by atoms with Crippen molar-refractivity contribution in [2.24, 2.45) is 0 Å². The maximum atomic E-state index is 12.0. The van der Waals surface area contributed by atoms with Crippen LogP contribution in [0.3, 0.4) is 0 Å². The molecule has 0 fully saturated rings. The van der Waals surface area contributed by atoms with Crippen LogP contribution in [0.4, 0.5) is 5.69 Å². The summed E-state index contributed by atoms with van der Waals surface area (Å²) >= 11 is 0. The van der Waals surface area contributed by atoms with E-state index < -0.39 is 10.8 Å². The van der Waals surface area contributed by atoms with Crippen molar-refractivity contribution in [3.8, 4) is 6.07 Å². The predicted molar refractivity (Wildman–Crippen MR) is 77.9 cm³/mol. The number of rotatable bonds is 3. The molecular formula is C15H12N2O2S. The molecule has 2 aromatic carbocycles. The number of amides is 1. The van der Waals surface area contributed by atoms with Crippen molar-refractivity contribution in [3.63, 3.8) is 0 Å². The molecule has 0 aliphatic rings. The van der Waals surface area contributed by atoms with Crippen molar-refractivity contribution in [3.05, 3.63) is 59.7 Å². The van der Waals surface area contributed by atoms with E-state index in [9.17, 15) is 9.00 Å². The first-order chi connectivity index (χ1) is 9.61. The Morgan fingerprint density at radius 3 is 2.50 bits per heavy atom. The molecule has 0 saturated carbocycles. The van der Waals surface area contributed by atoms with Crippen LogP contribution in [0.2, 0.25) is 0 Å². The van der Waals surface area contributed by atoms with E-state index in [0.29, 0.717) is 21.7 Å². The molecule has 0 spiro atoms. The van der Waals surface area contributed by atoms with E-state index in [-0.39, 0.29) is 5.91 Å². The molecule has 1 N–H and O–H groups in total. The SMILES string of the molecule is C[S@](=O)c1ccc(NC(=O)c2ccccc2)cc1C#N. The van der Waals surface area contributed by atoms with Gasteiger partial charge in [0.1, 0.15) is 6.07 Å². The maximum absolute atomic E-state index is 12.0. The first-order valence-corrected chi connectivity index (χ1v) is 7.41. The van der Waals surface area contributed by atoms with Crippen LogP contribution in [0.1, 0.15) is 15.9 Å². The molecule has 100 valence electrons. The molecule has 0 radical (unpaired) electrons. The molecule has 20 heavy (non-hydrogen) atoms. The van der Waals surface area contributed by atoms with E-state index in [4.69, 9.17) is 5.26 Å². The van der Waals surface area contributed by atoms with Gasteiger partial charge in [0.15, 0.2) is 0 Å². The van der Waals surface area contributed by atoms with Crippen molar-refractivity contribution >= 4 is 22.4 Å². The van der Waals surface area contributed by atoms with Gasteiger partial charge in [0, 0.05) is 17.5 Å². The molecule has 0 saturated heterocycles. The normalized spacial score (nSPS) is 11.4. The van der Waals surface area contributed by atoms with Gasteiger partial charge in [0.05, 0.1) is 21.3 Å². The third-order valence-corrected chi connectivity index (χ3v) is 3.68. The molecule has 0 aromatic heterocycles. The van der Waals surface area contributed by atoms with Gasteiger partial charge in [-0.1, -0.05) is 18.2 Å². The lowest BCUT2D eigenvalue weighted by molar-refractivity contribution is 0.102. The van der Waals surface area contributed by atoms with Crippen LogP contribution in [0.25, 0.3) is 0 Å². The lowest BCUT2D eigenvalue weighted by atomic mass is 10.2. The molecule has 2 rings (SSSR count). The van der Waals surface area contributed by atoms with Gasteiger partial charge in [-0.15, -0.1) is 0 Å². The summed E-state index contributed by atoms with van der Waals surface area (Å²) in [5.74, 6) is -0.250. The van der Waals surface area contributed by atoms with Crippen LogP contribution in [-0.4, -0.2) is 16.4 Å². The second kappa shape index (κ2) is 6.13. The van der Waals surface area contributed by atoms with Crippen LogP contribution in [0, 0.1) is 11.3 Å². The minimum Gasteiger partial charge on any atom is -0.322 e. The lowest BCUT2D eigenvalue weighted by Crippen LogP contribution is -2.12. The van der Waals surface area contributed by atoms with Crippen molar-refractivity contribution in [2.75, 3.05) is 11.6 Å². The fourth-order valence-corrected chi connectivity index (χ4v) is 2.41. The Morgan fingerprint density at radius 2 is 1.90 bits per heavy atom. The topological polar surface area (TPSA) is 70.0 Å². The highest BCUT2D eigenvalue weighted by atomic mass is 32.2. The number of benzene rings is 2. The van der Waals surface area contributed by atoms with Crippen molar-refractivity contribution in [1.82, 2.24) is 0 Å². The third-order valence-electron chi connectivity index (χ3n) is 2.70. The number of hydrogen-bond acceptors (Lipinski definition) is 3. The number of anilines is 1. The smallest absolute Gasteiger partial charge is 0.255 e. The summed E-state index contributed by atoms with van der Waals surface area (Å²) in [5, 5.41) is 11.8. The first kappa shape index (κ1) is 14.0. The van der Waals surface area contributed by atoms with Crippen molar-refractivity contribution in [1.29, 1.82) is 5.26 Å². The van der Waals surface area contributed by atoms with Gasteiger partial charge in [-0.25, -0.2) is 0 Å². The fraction of sp³-hybridized carbons (Fsp3) is 0.0667. The molecule has 0 aliphatic carbocycles. The summed E-state index contributed by atoms with van der Waals surface area (Å²) in [4.78, 5) is 12.4. The van der Waals surface area contributed by atoms with Gasteiger partial charge < -0.3 is 5.32 Å².